The van der Waals surface area contributed by atoms with Crippen molar-refractivity contribution in [2.75, 3.05) is 13.2 Å². The van der Waals surface area contributed by atoms with E-state index in [0.717, 1.165) is 47.6 Å². The molecule has 3 rings (SSSR count). The zero-order valence-corrected chi connectivity index (χ0v) is 13.3. The number of nitrogens with zero attached hydrogens (tertiary/aromatic N) is 1. The first-order valence-electron chi connectivity index (χ1n) is 6.60. The van der Waals surface area contributed by atoms with E-state index < -0.39 is 0 Å². The number of nitrogens with one attached hydrogen (secondary N) is 1. The highest BCUT2D eigenvalue weighted by molar-refractivity contribution is 9.10. The van der Waals surface area contributed by atoms with E-state index in [9.17, 15) is 4.79 Å². The molecule has 20 heavy (non-hydrogen) atoms. The van der Waals surface area contributed by atoms with E-state index in [1.165, 1.54) is 0 Å². The van der Waals surface area contributed by atoms with Crippen LogP contribution in [0.25, 0.3) is 10.9 Å². The van der Waals surface area contributed by atoms with Crippen LogP contribution in [0, 0.1) is 0 Å². The summed E-state index contributed by atoms with van der Waals surface area (Å²) in [6, 6.07) is 5.53. The van der Waals surface area contributed by atoms with E-state index in [4.69, 9.17) is 4.74 Å². The number of aromatic amines is 1. The van der Waals surface area contributed by atoms with Gasteiger partial charge in [0, 0.05) is 22.9 Å². The SMILES string of the molecule is O=c1[nH]c(CSC2CCOCC2)nc2cc(Br)ccc12. The van der Waals surface area contributed by atoms with Gasteiger partial charge in [-0.3, -0.25) is 4.79 Å². The molecule has 0 saturated carbocycles. The second kappa shape index (κ2) is 6.28. The quantitative estimate of drug-likeness (QED) is 0.919. The van der Waals surface area contributed by atoms with Crippen molar-refractivity contribution in [3.8, 4) is 0 Å². The standard InChI is InChI=1S/C14H15BrN2O2S/c15-9-1-2-11-12(7-9)16-13(17-14(11)18)8-20-10-3-5-19-6-4-10/h1-2,7,10H,3-6,8H2,(H,16,17,18). The number of thioether (sulfide) groups is 1. The van der Waals surface area contributed by atoms with E-state index in [2.05, 4.69) is 25.9 Å². The topological polar surface area (TPSA) is 55.0 Å². The number of hydrogen-bond donors (Lipinski definition) is 1. The number of halogens is 1. The molecule has 106 valence electrons. The molecule has 0 radical (unpaired) electrons. The Morgan fingerprint density at radius 2 is 2.20 bits per heavy atom. The lowest BCUT2D eigenvalue weighted by molar-refractivity contribution is 0.1000. The van der Waals surface area contributed by atoms with Gasteiger partial charge in [-0.05, 0) is 31.0 Å². The average molecular weight is 355 g/mol. The van der Waals surface area contributed by atoms with Crippen molar-refractivity contribution in [1.82, 2.24) is 9.97 Å². The van der Waals surface area contributed by atoms with E-state index in [1.807, 2.05) is 23.9 Å². The average Bonchev–Trinajstić information content (AvgIpc) is 2.46. The number of hydrogen-bond acceptors (Lipinski definition) is 4. The highest BCUT2D eigenvalue weighted by atomic mass is 79.9. The highest BCUT2D eigenvalue weighted by Gasteiger charge is 2.15. The minimum Gasteiger partial charge on any atom is -0.381 e. The monoisotopic (exact) mass is 354 g/mol. The predicted octanol–water partition coefficient (Wildman–Crippen LogP) is 3.10. The smallest absolute Gasteiger partial charge is 0.258 e. The number of aromatic nitrogens is 2. The van der Waals surface area contributed by atoms with Crippen LogP contribution in [0.1, 0.15) is 18.7 Å². The molecule has 0 aliphatic carbocycles. The first-order valence-corrected chi connectivity index (χ1v) is 8.44. The van der Waals surface area contributed by atoms with Gasteiger partial charge < -0.3 is 9.72 Å². The molecule has 0 unspecified atom stereocenters. The fraction of sp³-hybridized carbons (Fsp3) is 0.429. The van der Waals surface area contributed by atoms with Crippen molar-refractivity contribution in [2.45, 2.75) is 23.8 Å². The van der Waals surface area contributed by atoms with E-state index in [-0.39, 0.29) is 5.56 Å². The molecule has 1 fully saturated rings. The molecule has 0 spiro atoms. The minimum absolute atomic E-state index is 0.0647. The number of ether oxygens (including phenoxy) is 1. The summed E-state index contributed by atoms with van der Waals surface area (Å²) >= 11 is 5.26. The highest BCUT2D eigenvalue weighted by Crippen LogP contribution is 2.24. The van der Waals surface area contributed by atoms with Crippen LogP contribution < -0.4 is 5.56 Å². The molecule has 2 aromatic rings. The summed E-state index contributed by atoms with van der Waals surface area (Å²) in [5.41, 5.74) is 0.677. The Bertz CT molecular complexity index is 668. The molecule has 1 N–H and O–H groups in total. The van der Waals surface area contributed by atoms with E-state index in [1.54, 1.807) is 6.07 Å². The van der Waals surface area contributed by atoms with Crippen LogP contribution in [-0.2, 0) is 10.5 Å². The maximum absolute atomic E-state index is 12.0. The van der Waals surface area contributed by atoms with E-state index >= 15 is 0 Å². The second-order valence-electron chi connectivity index (χ2n) is 4.80. The van der Waals surface area contributed by atoms with Gasteiger partial charge >= 0.3 is 0 Å². The summed E-state index contributed by atoms with van der Waals surface area (Å²) in [5, 5.41) is 1.24. The molecule has 0 amide bonds. The number of rotatable bonds is 3. The molecule has 1 saturated heterocycles. The minimum atomic E-state index is -0.0647. The van der Waals surface area contributed by atoms with Crippen molar-refractivity contribution < 1.29 is 4.74 Å². The lowest BCUT2D eigenvalue weighted by Crippen LogP contribution is -2.18. The Labute approximate surface area is 129 Å². The molecule has 1 aromatic carbocycles. The lowest BCUT2D eigenvalue weighted by Gasteiger charge is -2.21. The number of benzene rings is 1. The fourth-order valence-corrected chi connectivity index (χ4v) is 3.67. The molecule has 6 heteroatoms. The molecular formula is C14H15BrN2O2S. The molecule has 4 nitrogen and oxygen atoms in total. The zero-order valence-electron chi connectivity index (χ0n) is 10.9. The Hall–Kier alpha value is -0.850. The Balaban J connectivity index is 1.79. The van der Waals surface area contributed by atoms with Crippen molar-refractivity contribution in [2.24, 2.45) is 0 Å². The van der Waals surface area contributed by atoms with Crippen LogP contribution in [-0.4, -0.2) is 28.4 Å². The molecule has 0 bridgehead atoms. The van der Waals surface area contributed by atoms with Crippen LogP contribution in [0.3, 0.4) is 0 Å². The summed E-state index contributed by atoms with van der Waals surface area (Å²) in [6.07, 6.45) is 2.15. The fourth-order valence-electron chi connectivity index (χ4n) is 2.27. The van der Waals surface area contributed by atoms with Gasteiger partial charge in [0.2, 0.25) is 0 Å². The maximum Gasteiger partial charge on any atom is 0.258 e. The van der Waals surface area contributed by atoms with Gasteiger partial charge in [-0.15, -0.1) is 0 Å². The van der Waals surface area contributed by atoms with Crippen LogP contribution >= 0.6 is 27.7 Å². The summed E-state index contributed by atoms with van der Waals surface area (Å²) in [7, 11) is 0. The largest absolute Gasteiger partial charge is 0.381 e. The number of fused-ring (bicyclic) bond motifs is 1. The van der Waals surface area contributed by atoms with Crippen LogP contribution in [0.2, 0.25) is 0 Å². The van der Waals surface area contributed by atoms with Gasteiger partial charge in [-0.25, -0.2) is 4.98 Å². The summed E-state index contributed by atoms with van der Waals surface area (Å²) in [5.74, 6) is 1.49. The Kier molecular flexibility index (Phi) is 4.43. The molecule has 1 aromatic heterocycles. The summed E-state index contributed by atoms with van der Waals surface area (Å²) in [6.45, 7) is 1.68. The molecular weight excluding hydrogens is 340 g/mol. The summed E-state index contributed by atoms with van der Waals surface area (Å²) in [4.78, 5) is 19.4. The zero-order chi connectivity index (χ0) is 13.9. The molecule has 1 aliphatic rings. The van der Waals surface area contributed by atoms with Gasteiger partial charge in [0.1, 0.15) is 5.82 Å². The third-order valence-corrected chi connectivity index (χ3v) is 5.22. The van der Waals surface area contributed by atoms with Crippen molar-refractivity contribution in [1.29, 1.82) is 0 Å². The molecule has 1 aliphatic heterocycles. The normalized spacial score (nSPS) is 16.6. The molecule has 0 atom stereocenters. The van der Waals surface area contributed by atoms with Gasteiger partial charge in [-0.1, -0.05) is 15.9 Å². The van der Waals surface area contributed by atoms with Gasteiger partial charge in [0.05, 0.1) is 16.7 Å². The van der Waals surface area contributed by atoms with E-state index in [0.29, 0.717) is 10.6 Å². The van der Waals surface area contributed by atoms with Crippen LogP contribution in [0.5, 0.6) is 0 Å². The van der Waals surface area contributed by atoms with Crippen molar-refractivity contribution in [3.63, 3.8) is 0 Å². The maximum atomic E-state index is 12.0. The number of H-pyrrole nitrogens is 1. The van der Waals surface area contributed by atoms with Gasteiger partial charge in [0.25, 0.3) is 5.56 Å². The third-order valence-electron chi connectivity index (χ3n) is 3.34. The van der Waals surface area contributed by atoms with Crippen LogP contribution in [0.4, 0.5) is 0 Å². The van der Waals surface area contributed by atoms with Crippen molar-refractivity contribution >= 4 is 38.6 Å². The first-order chi connectivity index (χ1) is 9.72. The second-order valence-corrected chi connectivity index (χ2v) is 7.00. The first kappa shape index (κ1) is 14.1. The third kappa shape index (κ3) is 3.24. The lowest BCUT2D eigenvalue weighted by atomic mass is 10.2. The Morgan fingerprint density at radius 3 is 3.00 bits per heavy atom. The Morgan fingerprint density at radius 1 is 1.40 bits per heavy atom. The van der Waals surface area contributed by atoms with Gasteiger partial charge in [-0.2, -0.15) is 11.8 Å². The predicted molar refractivity (Wildman–Crippen MR) is 85.2 cm³/mol. The molecule has 2 heterocycles. The summed E-state index contributed by atoms with van der Waals surface area (Å²) < 4.78 is 6.29. The van der Waals surface area contributed by atoms with Crippen LogP contribution in [0.15, 0.2) is 27.5 Å². The van der Waals surface area contributed by atoms with Crippen molar-refractivity contribution in [3.05, 3.63) is 38.9 Å². The van der Waals surface area contributed by atoms with Gasteiger partial charge in [0.15, 0.2) is 0 Å².